The van der Waals surface area contributed by atoms with Crippen molar-refractivity contribution in [1.82, 2.24) is 0 Å². The molecule has 2 N–H and O–H groups in total. The maximum atomic E-state index is 9.40. The van der Waals surface area contributed by atoms with Crippen LogP contribution in [0.4, 0.5) is 0 Å². The second-order valence-corrected chi connectivity index (χ2v) is 2.56. The monoisotopic (exact) mass is 168 g/mol. The van der Waals surface area contributed by atoms with Crippen LogP contribution in [0.3, 0.4) is 0 Å². The van der Waals surface area contributed by atoms with E-state index in [1.807, 2.05) is 0 Å². The van der Waals surface area contributed by atoms with Gasteiger partial charge in [-0.2, -0.15) is 0 Å². The number of methoxy groups -OCH3 is 1. The van der Waals surface area contributed by atoms with Crippen LogP contribution in [0.25, 0.3) is 0 Å². The first kappa shape index (κ1) is 9.03. The summed E-state index contributed by atoms with van der Waals surface area (Å²) in [7, 11) is 1.53. The Morgan fingerprint density at radius 1 is 1.33 bits per heavy atom. The fourth-order valence-electron chi connectivity index (χ4n) is 0.951. The summed E-state index contributed by atoms with van der Waals surface area (Å²) in [6, 6.07) is 6.40. The maximum Gasteiger partial charge on any atom is 0.115 e. The van der Waals surface area contributed by atoms with Gasteiger partial charge in [-0.15, -0.1) is 0 Å². The molecule has 3 nitrogen and oxygen atoms in total. The molecule has 12 heavy (non-hydrogen) atoms. The van der Waals surface area contributed by atoms with E-state index in [1.165, 1.54) is 19.2 Å². The standard InChI is InChI=1S/C9H12O3/c1-12-6-9(11)7-2-4-8(10)5-3-7/h2-5,9-11H,6H2,1H3/t9-/m0/s1. The van der Waals surface area contributed by atoms with E-state index in [0.29, 0.717) is 0 Å². The second-order valence-electron chi connectivity index (χ2n) is 2.56. The van der Waals surface area contributed by atoms with Gasteiger partial charge in [0.25, 0.3) is 0 Å². The number of aromatic hydroxyl groups is 1. The molecule has 0 heterocycles. The summed E-state index contributed by atoms with van der Waals surface area (Å²) >= 11 is 0. The number of benzene rings is 1. The van der Waals surface area contributed by atoms with Crippen LogP contribution < -0.4 is 0 Å². The third-order valence-electron chi connectivity index (χ3n) is 1.60. The molecule has 0 bridgehead atoms. The Bertz CT molecular complexity index is 230. The lowest BCUT2D eigenvalue weighted by Gasteiger charge is -2.08. The van der Waals surface area contributed by atoms with Crippen LogP contribution in [0.2, 0.25) is 0 Å². The lowest BCUT2D eigenvalue weighted by molar-refractivity contribution is 0.0644. The molecule has 0 spiro atoms. The zero-order valence-corrected chi connectivity index (χ0v) is 6.90. The smallest absolute Gasteiger partial charge is 0.115 e. The van der Waals surface area contributed by atoms with Gasteiger partial charge in [-0.25, -0.2) is 0 Å². The Hall–Kier alpha value is -1.06. The molecular formula is C9H12O3. The molecule has 3 heteroatoms. The summed E-state index contributed by atoms with van der Waals surface area (Å²) in [5.74, 6) is 0.198. The van der Waals surface area contributed by atoms with Crippen molar-refractivity contribution in [3.8, 4) is 5.75 Å². The minimum absolute atomic E-state index is 0.198. The molecule has 1 atom stereocenters. The Labute approximate surface area is 71.2 Å². The topological polar surface area (TPSA) is 49.7 Å². The fourth-order valence-corrected chi connectivity index (χ4v) is 0.951. The number of aliphatic hydroxyl groups is 1. The summed E-state index contributed by atoms with van der Waals surface area (Å²) in [5, 5.41) is 18.4. The van der Waals surface area contributed by atoms with Gasteiger partial charge in [0.1, 0.15) is 11.9 Å². The average molecular weight is 168 g/mol. The molecule has 0 amide bonds. The lowest BCUT2D eigenvalue weighted by Crippen LogP contribution is -2.04. The van der Waals surface area contributed by atoms with Crippen LogP contribution >= 0.6 is 0 Å². The highest BCUT2D eigenvalue weighted by molar-refractivity contribution is 5.27. The number of rotatable bonds is 3. The van der Waals surface area contributed by atoms with Crippen LogP contribution in [0.15, 0.2) is 24.3 Å². The highest BCUT2D eigenvalue weighted by atomic mass is 16.5. The largest absolute Gasteiger partial charge is 0.508 e. The van der Waals surface area contributed by atoms with Gasteiger partial charge >= 0.3 is 0 Å². The molecule has 0 saturated carbocycles. The highest BCUT2D eigenvalue weighted by Gasteiger charge is 2.05. The van der Waals surface area contributed by atoms with E-state index < -0.39 is 6.10 Å². The van der Waals surface area contributed by atoms with Crippen molar-refractivity contribution in [2.24, 2.45) is 0 Å². The summed E-state index contributed by atoms with van der Waals surface area (Å²) in [6.45, 7) is 0.269. The molecule has 1 rings (SSSR count). The first-order chi connectivity index (χ1) is 5.74. The molecular weight excluding hydrogens is 156 g/mol. The van der Waals surface area contributed by atoms with Gasteiger partial charge in [0.15, 0.2) is 0 Å². The van der Waals surface area contributed by atoms with E-state index in [9.17, 15) is 5.11 Å². The first-order valence-corrected chi connectivity index (χ1v) is 3.70. The zero-order valence-electron chi connectivity index (χ0n) is 6.90. The summed E-state index contributed by atoms with van der Waals surface area (Å²) < 4.78 is 4.78. The highest BCUT2D eigenvalue weighted by Crippen LogP contribution is 2.16. The van der Waals surface area contributed by atoms with E-state index in [0.717, 1.165) is 5.56 Å². The minimum atomic E-state index is -0.615. The molecule has 0 unspecified atom stereocenters. The number of hydrogen-bond donors (Lipinski definition) is 2. The SMILES string of the molecule is COC[C@H](O)c1ccc(O)cc1. The lowest BCUT2D eigenvalue weighted by atomic mass is 10.1. The zero-order chi connectivity index (χ0) is 8.97. The molecule has 1 aromatic carbocycles. The summed E-state index contributed by atoms with van der Waals surface area (Å²) in [4.78, 5) is 0. The van der Waals surface area contributed by atoms with E-state index in [4.69, 9.17) is 9.84 Å². The van der Waals surface area contributed by atoms with Crippen LogP contribution in [-0.2, 0) is 4.74 Å². The van der Waals surface area contributed by atoms with Gasteiger partial charge in [-0.3, -0.25) is 0 Å². The Morgan fingerprint density at radius 3 is 2.42 bits per heavy atom. The van der Waals surface area contributed by atoms with Crippen molar-refractivity contribution in [2.45, 2.75) is 6.10 Å². The number of ether oxygens (including phenoxy) is 1. The van der Waals surface area contributed by atoms with Crippen LogP contribution in [0.5, 0.6) is 5.75 Å². The second kappa shape index (κ2) is 4.09. The molecule has 0 aromatic heterocycles. The van der Waals surface area contributed by atoms with E-state index >= 15 is 0 Å². The molecule has 0 saturated heterocycles. The first-order valence-electron chi connectivity index (χ1n) is 3.70. The predicted molar refractivity (Wildman–Crippen MR) is 44.9 cm³/mol. The molecule has 0 radical (unpaired) electrons. The fraction of sp³-hybridized carbons (Fsp3) is 0.333. The van der Waals surface area contributed by atoms with Crippen molar-refractivity contribution >= 4 is 0 Å². The van der Waals surface area contributed by atoms with E-state index in [-0.39, 0.29) is 12.4 Å². The third-order valence-corrected chi connectivity index (χ3v) is 1.60. The van der Waals surface area contributed by atoms with Gasteiger partial charge in [0.05, 0.1) is 6.61 Å². The van der Waals surface area contributed by atoms with Crippen LogP contribution in [-0.4, -0.2) is 23.9 Å². The quantitative estimate of drug-likeness (QED) is 0.709. The van der Waals surface area contributed by atoms with Gasteiger partial charge in [0, 0.05) is 7.11 Å². The van der Waals surface area contributed by atoms with Crippen LogP contribution in [0, 0.1) is 0 Å². The van der Waals surface area contributed by atoms with E-state index in [2.05, 4.69) is 0 Å². The van der Waals surface area contributed by atoms with Crippen molar-refractivity contribution < 1.29 is 14.9 Å². The van der Waals surface area contributed by atoms with Crippen molar-refractivity contribution in [2.75, 3.05) is 13.7 Å². The van der Waals surface area contributed by atoms with Gasteiger partial charge in [-0.05, 0) is 17.7 Å². The number of hydrogen-bond acceptors (Lipinski definition) is 3. The molecule has 1 aromatic rings. The summed E-state index contributed by atoms with van der Waals surface area (Å²) in [5.41, 5.74) is 0.745. The molecule has 0 aliphatic carbocycles. The number of aliphatic hydroxyl groups excluding tert-OH is 1. The van der Waals surface area contributed by atoms with Gasteiger partial charge in [-0.1, -0.05) is 12.1 Å². The normalized spacial score (nSPS) is 12.8. The Kier molecular flexibility index (Phi) is 3.08. The molecule has 0 fully saturated rings. The van der Waals surface area contributed by atoms with Crippen molar-refractivity contribution in [3.63, 3.8) is 0 Å². The number of phenols is 1. The van der Waals surface area contributed by atoms with Gasteiger partial charge in [0.2, 0.25) is 0 Å². The number of phenolic OH excluding ortho intramolecular Hbond substituents is 1. The molecule has 66 valence electrons. The average Bonchev–Trinajstić information content (AvgIpc) is 2.06. The minimum Gasteiger partial charge on any atom is -0.508 e. The third kappa shape index (κ3) is 2.22. The van der Waals surface area contributed by atoms with Crippen molar-refractivity contribution in [1.29, 1.82) is 0 Å². The maximum absolute atomic E-state index is 9.40. The van der Waals surface area contributed by atoms with Crippen LogP contribution in [0.1, 0.15) is 11.7 Å². The van der Waals surface area contributed by atoms with Gasteiger partial charge < -0.3 is 14.9 Å². The Balaban J connectivity index is 2.68. The molecule has 0 aliphatic rings. The molecule has 0 aliphatic heterocycles. The van der Waals surface area contributed by atoms with Crippen molar-refractivity contribution in [3.05, 3.63) is 29.8 Å². The predicted octanol–water partition coefficient (Wildman–Crippen LogP) is 1.07. The summed E-state index contributed by atoms with van der Waals surface area (Å²) in [6.07, 6.45) is -0.615. The van der Waals surface area contributed by atoms with E-state index in [1.54, 1.807) is 12.1 Å². The Morgan fingerprint density at radius 2 is 1.92 bits per heavy atom.